The van der Waals surface area contributed by atoms with Crippen LogP contribution in [0, 0.1) is 5.82 Å². The molecule has 2 aliphatic heterocycles. The van der Waals surface area contributed by atoms with Crippen molar-refractivity contribution in [3.63, 3.8) is 0 Å². The molecule has 1 fully saturated rings. The molecule has 2 amide bonds. The van der Waals surface area contributed by atoms with Crippen molar-refractivity contribution in [1.29, 1.82) is 0 Å². The van der Waals surface area contributed by atoms with Crippen molar-refractivity contribution < 1.29 is 14.0 Å². The molecule has 1 aromatic carbocycles. The van der Waals surface area contributed by atoms with Gasteiger partial charge >= 0.3 is 0 Å². The van der Waals surface area contributed by atoms with Crippen molar-refractivity contribution in [2.75, 3.05) is 13.1 Å². The second-order valence-electron chi connectivity index (χ2n) is 7.22. The van der Waals surface area contributed by atoms with E-state index in [2.05, 4.69) is 9.55 Å². The van der Waals surface area contributed by atoms with Gasteiger partial charge in [-0.25, -0.2) is 9.37 Å². The lowest BCUT2D eigenvalue weighted by Gasteiger charge is -2.22. The average molecular weight is 370 g/mol. The Morgan fingerprint density at radius 3 is 2.67 bits per heavy atom. The summed E-state index contributed by atoms with van der Waals surface area (Å²) < 4.78 is 15.2. The molecule has 0 radical (unpaired) electrons. The van der Waals surface area contributed by atoms with Crippen LogP contribution in [0.4, 0.5) is 4.39 Å². The van der Waals surface area contributed by atoms with Gasteiger partial charge in [0.2, 0.25) is 11.8 Å². The maximum absolute atomic E-state index is 13.1. The van der Waals surface area contributed by atoms with Gasteiger partial charge in [0.15, 0.2) is 0 Å². The largest absolute Gasteiger partial charge is 0.337 e. The van der Waals surface area contributed by atoms with Crippen LogP contribution in [-0.4, -0.2) is 44.3 Å². The first kappa shape index (κ1) is 17.7. The number of hydrogen-bond acceptors (Lipinski definition) is 3. The summed E-state index contributed by atoms with van der Waals surface area (Å²) in [5, 5.41) is 0. The van der Waals surface area contributed by atoms with E-state index in [-0.39, 0.29) is 24.1 Å². The minimum absolute atomic E-state index is 0.0273. The van der Waals surface area contributed by atoms with Gasteiger partial charge < -0.3 is 14.4 Å². The molecule has 0 saturated carbocycles. The number of likely N-dealkylation sites (tertiary alicyclic amines) is 1. The highest BCUT2D eigenvalue weighted by Gasteiger charge is 2.26. The Bertz CT molecular complexity index is 846. The third-order valence-corrected chi connectivity index (χ3v) is 5.33. The standard InChI is InChI=1S/C20H23FN4O2/c21-16-6-4-15(5-7-16)11-20(27)24-9-2-10-25-14-22-17(18(25)13-24)12-23-8-1-3-19(23)26/h4-7,14H,1-3,8-13H2. The molecule has 2 aliphatic rings. The smallest absolute Gasteiger partial charge is 0.227 e. The Morgan fingerprint density at radius 2 is 1.93 bits per heavy atom. The van der Waals surface area contributed by atoms with E-state index in [0.717, 1.165) is 42.9 Å². The molecule has 1 saturated heterocycles. The zero-order chi connectivity index (χ0) is 18.8. The van der Waals surface area contributed by atoms with Crippen LogP contribution in [0.3, 0.4) is 0 Å². The Hall–Kier alpha value is -2.70. The number of fused-ring (bicyclic) bond motifs is 1. The van der Waals surface area contributed by atoms with E-state index in [1.807, 2.05) is 16.1 Å². The highest BCUT2D eigenvalue weighted by atomic mass is 19.1. The molecule has 0 N–H and O–H groups in total. The molecule has 0 bridgehead atoms. The molecular formula is C20H23FN4O2. The average Bonchev–Trinajstić information content (AvgIpc) is 3.16. The molecule has 6 nitrogen and oxygen atoms in total. The lowest BCUT2D eigenvalue weighted by Crippen LogP contribution is -2.32. The third-order valence-electron chi connectivity index (χ3n) is 5.33. The van der Waals surface area contributed by atoms with Gasteiger partial charge in [-0.3, -0.25) is 9.59 Å². The molecule has 7 heteroatoms. The number of rotatable bonds is 4. The molecule has 0 atom stereocenters. The van der Waals surface area contributed by atoms with Crippen LogP contribution >= 0.6 is 0 Å². The maximum atomic E-state index is 13.1. The summed E-state index contributed by atoms with van der Waals surface area (Å²) in [6.07, 6.45) is 4.45. The summed E-state index contributed by atoms with van der Waals surface area (Å²) in [6.45, 7) is 3.29. The Balaban J connectivity index is 1.48. The molecular weight excluding hydrogens is 347 g/mol. The number of aryl methyl sites for hydroxylation is 1. The van der Waals surface area contributed by atoms with Gasteiger partial charge in [0, 0.05) is 26.1 Å². The number of carbonyl (C=O) groups is 2. The lowest BCUT2D eigenvalue weighted by atomic mass is 10.1. The fraction of sp³-hybridized carbons (Fsp3) is 0.450. The van der Waals surface area contributed by atoms with Crippen molar-refractivity contribution in [1.82, 2.24) is 19.4 Å². The fourth-order valence-corrected chi connectivity index (χ4v) is 3.80. The number of nitrogens with zero attached hydrogens (tertiary/aromatic N) is 4. The number of halogens is 1. The highest BCUT2D eigenvalue weighted by Crippen LogP contribution is 2.21. The quantitative estimate of drug-likeness (QED) is 0.828. The lowest BCUT2D eigenvalue weighted by molar-refractivity contribution is -0.131. The van der Waals surface area contributed by atoms with Crippen LogP contribution in [0.2, 0.25) is 0 Å². The molecule has 2 aromatic rings. The number of amides is 2. The zero-order valence-corrected chi connectivity index (χ0v) is 15.2. The van der Waals surface area contributed by atoms with Crippen LogP contribution in [0.5, 0.6) is 0 Å². The number of imidazole rings is 1. The van der Waals surface area contributed by atoms with E-state index in [0.29, 0.717) is 26.1 Å². The van der Waals surface area contributed by atoms with Crippen LogP contribution in [0.25, 0.3) is 0 Å². The normalized spacial score (nSPS) is 17.1. The van der Waals surface area contributed by atoms with E-state index >= 15 is 0 Å². The number of aromatic nitrogens is 2. The monoisotopic (exact) mass is 370 g/mol. The highest BCUT2D eigenvalue weighted by molar-refractivity contribution is 5.79. The molecule has 27 heavy (non-hydrogen) atoms. The van der Waals surface area contributed by atoms with E-state index in [1.54, 1.807) is 12.1 Å². The molecule has 4 rings (SSSR count). The maximum Gasteiger partial charge on any atom is 0.227 e. The predicted molar refractivity (Wildman–Crippen MR) is 97.0 cm³/mol. The fourth-order valence-electron chi connectivity index (χ4n) is 3.80. The van der Waals surface area contributed by atoms with Crippen LogP contribution in [0.1, 0.15) is 36.2 Å². The van der Waals surface area contributed by atoms with Crippen LogP contribution < -0.4 is 0 Å². The molecule has 1 aromatic heterocycles. The molecule has 3 heterocycles. The summed E-state index contributed by atoms with van der Waals surface area (Å²) in [5.41, 5.74) is 2.70. The Morgan fingerprint density at radius 1 is 1.11 bits per heavy atom. The number of carbonyl (C=O) groups excluding carboxylic acids is 2. The third kappa shape index (κ3) is 3.86. The summed E-state index contributed by atoms with van der Waals surface area (Å²) in [5.74, 6) is -0.0972. The zero-order valence-electron chi connectivity index (χ0n) is 15.2. The number of hydrogen-bond donors (Lipinski definition) is 0. The first-order valence-electron chi connectivity index (χ1n) is 9.43. The van der Waals surface area contributed by atoms with Crippen molar-refractivity contribution >= 4 is 11.8 Å². The first-order valence-corrected chi connectivity index (χ1v) is 9.43. The van der Waals surface area contributed by atoms with E-state index in [1.165, 1.54) is 12.1 Å². The molecule has 0 unspecified atom stereocenters. The van der Waals surface area contributed by atoms with Crippen molar-refractivity contribution in [3.8, 4) is 0 Å². The Kier molecular flexibility index (Phi) is 4.92. The van der Waals surface area contributed by atoms with E-state index < -0.39 is 0 Å². The van der Waals surface area contributed by atoms with Crippen LogP contribution in [0.15, 0.2) is 30.6 Å². The van der Waals surface area contributed by atoms with Crippen molar-refractivity contribution in [2.45, 2.75) is 45.3 Å². The van der Waals surface area contributed by atoms with Gasteiger partial charge in [0.05, 0.1) is 37.2 Å². The minimum Gasteiger partial charge on any atom is -0.337 e. The summed E-state index contributed by atoms with van der Waals surface area (Å²) >= 11 is 0. The van der Waals surface area contributed by atoms with Gasteiger partial charge in [-0.05, 0) is 30.5 Å². The predicted octanol–water partition coefficient (Wildman–Crippen LogP) is 2.12. The summed E-state index contributed by atoms with van der Waals surface area (Å²) in [7, 11) is 0. The molecule has 0 spiro atoms. The summed E-state index contributed by atoms with van der Waals surface area (Å²) in [4.78, 5) is 32.9. The van der Waals surface area contributed by atoms with Gasteiger partial charge in [-0.2, -0.15) is 0 Å². The number of benzene rings is 1. The van der Waals surface area contributed by atoms with E-state index in [4.69, 9.17) is 0 Å². The minimum atomic E-state index is -0.300. The second-order valence-corrected chi connectivity index (χ2v) is 7.22. The van der Waals surface area contributed by atoms with Crippen molar-refractivity contribution in [3.05, 3.63) is 53.4 Å². The van der Waals surface area contributed by atoms with Crippen molar-refractivity contribution in [2.24, 2.45) is 0 Å². The second kappa shape index (κ2) is 7.50. The van der Waals surface area contributed by atoms with Gasteiger partial charge in [0.25, 0.3) is 0 Å². The van der Waals surface area contributed by atoms with Crippen LogP contribution in [-0.2, 0) is 35.6 Å². The van der Waals surface area contributed by atoms with Gasteiger partial charge in [-0.1, -0.05) is 12.1 Å². The van der Waals surface area contributed by atoms with Gasteiger partial charge in [-0.15, -0.1) is 0 Å². The summed E-state index contributed by atoms with van der Waals surface area (Å²) in [6, 6.07) is 6.07. The molecule has 142 valence electrons. The van der Waals surface area contributed by atoms with Gasteiger partial charge in [0.1, 0.15) is 5.82 Å². The topological polar surface area (TPSA) is 58.4 Å². The SMILES string of the molecule is O=C1CCCN1Cc1ncn2c1CN(C(=O)Cc1ccc(F)cc1)CCC2. The van der Waals surface area contributed by atoms with E-state index in [9.17, 15) is 14.0 Å². The first-order chi connectivity index (χ1) is 13.1. The molecule has 0 aliphatic carbocycles. The Labute approximate surface area is 157 Å².